The van der Waals surface area contributed by atoms with Gasteiger partial charge in [-0.05, 0) is 26.8 Å². The summed E-state index contributed by atoms with van der Waals surface area (Å²) in [5.74, 6) is 0. The SMILES string of the molecule is CCCNC(Cc1csc(C)n1)c1cnn(C)c1C. The fourth-order valence-corrected chi connectivity index (χ4v) is 2.81. The minimum atomic E-state index is 0.301. The van der Waals surface area contributed by atoms with E-state index in [1.807, 2.05) is 17.9 Å². The average molecular weight is 278 g/mol. The molecular weight excluding hydrogens is 256 g/mol. The van der Waals surface area contributed by atoms with Crippen molar-refractivity contribution in [3.8, 4) is 0 Å². The molecule has 2 aromatic heterocycles. The third-order valence-corrected chi connectivity index (χ3v) is 4.19. The summed E-state index contributed by atoms with van der Waals surface area (Å²) in [5.41, 5.74) is 3.67. The van der Waals surface area contributed by atoms with E-state index in [4.69, 9.17) is 0 Å². The van der Waals surface area contributed by atoms with E-state index in [0.29, 0.717) is 6.04 Å². The van der Waals surface area contributed by atoms with E-state index in [9.17, 15) is 0 Å². The summed E-state index contributed by atoms with van der Waals surface area (Å²) >= 11 is 1.72. The van der Waals surface area contributed by atoms with Crippen molar-refractivity contribution in [3.05, 3.63) is 33.5 Å². The Morgan fingerprint density at radius 1 is 1.42 bits per heavy atom. The quantitative estimate of drug-likeness (QED) is 0.883. The first-order valence-corrected chi connectivity index (χ1v) is 7.62. The van der Waals surface area contributed by atoms with Gasteiger partial charge >= 0.3 is 0 Å². The molecule has 1 unspecified atom stereocenters. The van der Waals surface area contributed by atoms with Crippen LogP contribution in [0.1, 0.15) is 41.3 Å². The number of rotatable bonds is 6. The van der Waals surface area contributed by atoms with Gasteiger partial charge in [0.15, 0.2) is 0 Å². The van der Waals surface area contributed by atoms with Crippen molar-refractivity contribution >= 4 is 11.3 Å². The van der Waals surface area contributed by atoms with Crippen molar-refractivity contribution in [2.45, 2.75) is 39.7 Å². The van der Waals surface area contributed by atoms with E-state index >= 15 is 0 Å². The Balaban J connectivity index is 2.18. The second-order valence-electron chi connectivity index (χ2n) is 4.88. The Morgan fingerprint density at radius 3 is 2.74 bits per heavy atom. The van der Waals surface area contributed by atoms with Crippen LogP contribution in [-0.2, 0) is 13.5 Å². The van der Waals surface area contributed by atoms with Crippen molar-refractivity contribution in [3.63, 3.8) is 0 Å². The normalized spacial score (nSPS) is 12.8. The van der Waals surface area contributed by atoms with Crippen molar-refractivity contribution in [2.24, 2.45) is 7.05 Å². The number of hydrogen-bond acceptors (Lipinski definition) is 4. The zero-order valence-corrected chi connectivity index (χ0v) is 12.9. The molecule has 0 bridgehead atoms. The van der Waals surface area contributed by atoms with Gasteiger partial charge < -0.3 is 5.32 Å². The summed E-state index contributed by atoms with van der Waals surface area (Å²) in [4.78, 5) is 4.57. The minimum Gasteiger partial charge on any atom is -0.309 e. The van der Waals surface area contributed by atoms with Gasteiger partial charge in [0.05, 0.1) is 16.9 Å². The molecule has 2 rings (SSSR count). The van der Waals surface area contributed by atoms with Crippen LogP contribution in [0.5, 0.6) is 0 Å². The van der Waals surface area contributed by atoms with Gasteiger partial charge in [-0.15, -0.1) is 11.3 Å². The number of aromatic nitrogens is 3. The third-order valence-electron chi connectivity index (χ3n) is 3.37. The fourth-order valence-electron chi connectivity index (χ4n) is 2.18. The zero-order valence-electron chi connectivity index (χ0n) is 12.1. The molecule has 2 aromatic rings. The predicted molar refractivity (Wildman–Crippen MR) is 79.5 cm³/mol. The Morgan fingerprint density at radius 2 is 2.21 bits per heavy atom. The summed E-state index contributed by atoms with van der Waals surface area (Å²) < 4.78 is 1.93. The maximum atomic E-state index is 4.57. The molecule has 0 aromatic carbocycles. The highest BCUT2D eigenvalue weighted by Gasteiger charge is 2.17. The van der Waals surface area contributed by atoms with E-state index < -0.39 is 0 Å². The molecule has 4 nitrogen and oxygen atoms in total. The van der Waals surface area contributed by atoms with E-state index in [0.717, 1.165) is 24.4 Å². The maximum Gasteiger partial charge on any atom is 0.0897 e. The second-order valence-corrected chi connectivity index (χ2v) is 5.94. The molecule has 1 N–H and O–H groups in total. The van der Waals surface area contributed by atoms with Gasteiger partial charge in [-0.1, -0.05) is 6.92 Å². The van der Waals surface area contributed by atoms with E-state index in [2.05, 4.69) is 41.6 Å². The molecule has 0 spiro atoms. The summed E-state index contributed by atoms with van der Waals surface area (Å²) in [7, 11) is 1.99. The Hall–Kier alpha value is -1.20. The van der Waals surface area contributed by atoms with E-state index in [1.165, 1.54) is 17.0 Å². The lowest BCUT2D eigenvalue weighted by atomic mass is 10.0. The molecular formula is C14H22N4S. The number of nitrogens with one attached hydrogen (secondary N) is 1. The van der Waals surface area contributed by atoms with Gasteiger partial charge in [0.2, 0.25) is 0 Å². The van der Waals surface area contributed by atoms with Gasteiger partial charge in [-0.25, -0.2) is 4.98 Å². The molecule has 1 atom stereocenters. The molecule has 0 amide bonds. The lowest BCUT2D eigenvalue weighted by molar-refractivity contribution is 0.522. The van der Waals surface area contributed by atoms with Crippen LogP contribution in [0.25, 0.3) is 0 Å². The lowest BCUT2D eigenvalue weighted by Gasteiger charge is -2.17. The first-order valence-electron chi connectivity index (χ1n) is 6.74. The molecule has 2 heterocycles. The Kier molecular flexibility index (Phi) is 4.71. The average Bonchev–Trinajstić information content (AvgIpc) is 2.93. The van der Waals surface area contributed by atoms with Crippen molar-refractivity contribution < 1.29 is 0 Å². The van der Waals surface area contributed by atoms with Gasteiger partial charge in [0, 0.05) is 36.1 Å². The highest BCUT2D eigenvalue weighted by atomic mass is 32.1. The minimum absolute atomic E-state index is 0.301. The fraction of sp³-hybridized carbons (Fsp3) is 0.571. The maximum absolute atomic E-state index is 4.57. The largest absolute Gasteiger partial charge is 0.309 e. The van der Waals surface area contributed by atoms with Crippen molar-refractivity contribution in [2.75, 3.05) is 6.54 Å². The molecule has 0 fully saturated rings. The molecule has 0 radical (unpaired) electrons. The third kappa shape index (κ3) is 3.42. The van der Waals surface area contributed by atoms with Gasteiger partial charge in [-0.3, -0.25) is 4.68 Å². The number of thiazole rings is 1. The summed E-state index contributed by atoms with van der Waals surface area (Å²) in [6, 6.07) is 0.301. The smallest absolute Gasteiger partial charge is 0.0897 e. The second kappa shape index (κ2) is 6.30. The number of nitrogens with zero attached hydrogens (tertiary/aromatic N) is 3. The Bertz CT molecular complexity index is 529. The topological polar surface area (TPSA) is 42.7 Å². The zero-order chi connectivity index (χ0) is 13.8. The van der Waals surface area contributed by atoms with Crippen LogP contribution in [0.15, 0.2) is 11.6 Å². The number of hydrogen-bond donors (Lipinski definition) is 1. The van der Waals surface area contributed by atoms with Gasteiger partial charge in [0.25, 0.3) is 0 Å². The summed E-state index contributed by atoms with van der Waals surface area (Å²) in [6.07, 6.45) is 4.03. The van der Waals surface area contributed by atoms with Crippen LogP contribution in [-0.4, -0.2) is 21.3 Å². The van der Waals surface area contributed by atoms with E-state index in [-0.39, 0.29) is 0 Å². The molecule has 0 aliphatic carbocycles. The molecule has 19 heavy (non-hydrogen) atoms. The molecule has 0 aliphatic rings. The first kappa shape index (κ1) is 14.2. The van der Waals surface area contributed by atoms with Gasteiger partial charge in [-0.2, -0.15) is 5.10 Å². The highest BCUT2D eigenvalue weighted by Crippen LogP contribution is 2.22. The molecule has 5 heteroatoms. The molecule has 0 aliphatic heterocycles. The summed E-state index contributed by atoms with van der Waals surface area (Å²) in [6.45, 7) is 7.38. The molecule has 104 valence electrons. The molecule has 0 saturated heterocycles. The van der Waals surface area contributed by atoms with Crippen LogP contribution in [0.4, 0.5) is 0 Å². The van der Waals surface area contributed by atoms with Crippen LogP contribution in [0.2, 0.25) is 0 Å². The highest BCUT2D eigenvalue weighted by molar-refractivity contribution is 7.09. The standard InChI is InChI=1S/C14H22N4S/c1-5-6-15-14(7-12-9-19-11(3)17-12)13-8-16-18(4)10(13)2/h8-9,14-15H,5-7H2,1-4H3. The number of aryl methyl sites for hydroxylation is 2. The van der Waals surface area contributed by atoms with Gasteiger partial charge in [0.1, 0.15) is 0 Å². The predicted octanol–water partition coefficient (Wildman–Crippen LogP) is 2.78. The monoisotopic (exact) mass is 278 g/mol. The van der Waals surface area contributed by atoms with Crippen LogP contribution >= 0.6 is 11.3 Å². The van der Waals surface area contributed by atoms with Crippen LogP contribution < -0.4 is 5.32 Å². The Labute approximate surface area is 118 Å². The van der Waals surface area contributed by atoms with Crippen molar-refractivity contribution in [1.82, 2.24) is 20.1 Å². The lowest BCUT2D eigenvalue weighted by Crippen LogP contribution is -2.24. The summed E-state index contributed by atoms with van der Waals surface area (Å²) in [5, 5.41) is 11.2. The van der Waals surface area contributed by atoms with E-state index in [1.54, 1.807) is 11.3 Å². The first-order chi connectivity index (χ1) is 9.11. The van der Waals surface area contributed by atoms with Crippen LogP contribution in [0, 0.1) is 13.8 Å². The molecule has 0 saturated carbocycles. The van der Waals surface area contributed by atoms with Crippen molar-refractivity contribution in [1.29, 1.82) is 0 Å². The van der Waals surface area contributed by atoms with Crippen LogP contribution in [0.3, 0.4) is 0 Å².